The molecular formula is C18H26BrN3O4S. The van der Waals surface area contributed by atoms with E-state index in [-0.39, 0.29) is 17.4 Å². The number of ether oxygens (including phenoxy) is 2. The number of benzene rings is 1. The van der Waals surface area contributed by atoms with Crippen molar-refractivity contribution in [1.82, 2.24) is 16.2 Å². The molecule has 0 fully saturated rings. The van der Waals surface area contributed by atoms with Gasteiger partial charge in [0.1, 0.15) is 5.75 Å². The lowest BCUT2D eigenvalue weighted by molar-refractivity contribution is -0.122. The molecule has 1 rings (SSSR count). The summed E-state index contributed by atoms with van der Waals surface area (Å²) >= 11 is 8.41. The monoisotopic (exact) mass is 459 g/mol. The minimum absolute atomic E-state index is 0.00172. The molecule has 9 heteroatoms. The summed E-state index contributed by atoms with van der Waals surface area (Å²) in [4.78, 5) is 23.8. The van der Waals surface area contributed by atoms with E-state index in [1.54, 1.807) is 18.2 Å². The molecule has 0 atom stereocenters. The maximum Gasteiger partial charge on any atom is 0.257 e. The summed E-state index contributed by atoms with van der Waals surface area (Å²) in [6, 6.07) is 5.03. The van der Waals surface area contributed by atoms with Crippen molar-refractivity contribution < 1.29 is 19.1 Å². The van der Waals surface area contributed by atoms with E-state index >= 15 is 0 Å². The number of hydrogen-bond acceptors (Lipinski definition) is 5. The SMILES string of the molecule is CCOCCC(=O)NNC(=S)NC(=O)c1ccc(OCCC(C)C)c(Br)c1. The molecule has 0 aromatic heterocycles. The van der Waals surface area contributed by atoms with Gasteiger partial charge in [-0.25, -0.2) is 0 Å². The van der Waals surface area contributed by atoms with Crippen LogP contribution in [0.3, 0.4) is 0 Å². The zero-order chi connectivity index (χ0) is 20.2. The summed E-state index contributed by atoms with van der Waals surface area (Å²) < 4.78 is 11.5. The zero-order valence-electron chi connectivity index (χ0n) is 15.8. The fraction of sp³-hybridized carbons (Fsp3) is 0.500. The Morgan fingerprint density at radius 3 is 2.59 bits per heavy atom. The number of nitrogens with one attached hydrogen (secondary N) is 3. The largest absolute Gasteiger partial charge is 0.492 e. The van der Waals surface area contributed by atoms with Crippen LogP contribution in [0.2, 0.25) is 0 Å². The first-order chi connectivity index (χ1) is 12.8. The van der Waals surface area contributed by atoms with E-state index < -0.39 is 5.91 Å². The van der Waals surface area contributed by atoms with Gasteiger partial charge in [-0.2, -0.15) is 0 Å². The van der Waals surface area contributed by atoms with Crippen LogP contribution in [0.25, 0.3) is 0 Å². The van der Waals surface area contributed by atoms with E-state index in [4.69, 9.17) is 21.7 Å². The maximum absolute atomic E-state index is 12.2. The number of carbonyl (C=O) groups excluding carboxylic acids is 2. The summed E-state index contributed by atoms with van der Waals surface area (Å²) in [5.41, 5.74) is 5.29. The van der Waals surface area contributed by atoms with Crippen molar-refractivity contribution in [3.05, 3.63) is 28.2 Å². The third kappa shape index (κ3) is 9.69. The van der Waals surface area contributed by atoms with E-state index in [2.05, 4.69) is 45.9 Å². The van der Waals surface area contributed by atoms with Crippen LogP contribution in [-0.2, 0) is 9.53 Å². The van der Waals surface area contributed by atoms with Gasteiger partial charge in [0.2, 0.25) is 5.91 Å². The maximum atomic E-state index is 12.2. The van der Waals surface area contributed by atoms with Gasteiger partial charge in [-0.1, -0.05) is 13.8 Å². The lowest BCUT2D eigenvalue weighted by atomic mass is 10.1. The highest BCUT2D eigenvalue weighted by atomic mass is 79.9. The highest BCUT2D eigenvalue weighted by molar-refractivity contribution is 9.10. The molecule has 0 radical (unpaired) electrons. The molecule has 0 aliphatic carbocycles. The summed E-state index contributed by atoms with van der Waals surface area (Å²) in [5.74, 6) is 0.549. The van der Waals surface area contributed by atoms with Gasteiger partial charge in [-0.05, 0) is 65.6 Å². The third-order valence-corrected chi connectivity index (χ3v) is 4.19. The van der Waals surface area contributed by atoms with Crippen molar-refractivity contribution in [1.29, 1.82) is 0 Å². The molecule has 1 aromatic carbocycles. The number of thiocarbonyl (C=S) groups is 1. The molecule has 0 saturated heterocycles. The minimum atomic E-state index is -0.398. The average molecular weight is 460 g/mol. The van der Waals surface area contributed by atoms with Crippen LogP contribution < -0.4 is 20.9 Å². The molecule has 0 bridgehead atoms. The number of halogens is 1. The van der Waals surface area contributed by atoms with Gasteiger partial charge >= 0.3 is 0 Å². The standard InChI is InChI=1S/C18H26BrN3O4S/c1-4-25-9-8-16(23)21-22-18(27)20-17(24)13-5-6-15(14(19)11-13)26-10-7-12(2)3/h5-6,11-12H,4,7-10H2,1-3H3,(H,21,23)(H2,20,22,24,27). The summed E-state index contributed by atoms with van der Waals surface area (Å²) in [7, 11) is 0. The fourth-order valence-corrected chi connectivity index (χ4v) is 2.51. The molecule has 3 N–H and O–H groups in total. The lowest BCUT2D eigenvalue weighted by Crippen LogP contribution is -2.48. The van der Waals surface area contributed by atoms with Gasteiger partial charge < -0.3 is 9.47 Å². The Hall–Kier alpha value is -1.71. The van der Waals surface area contributed by atoms with E-state index in [1.807, 2.05) is 6.92 Å². The van der Waals surface area contributed by atoms with Crippen molar-refractivity contribution in [2.75, 3.05) is 19.8 Å². The van der Waals surface area contributed by atoms with Crippen LogP contribution in [0, 0.1) is 5.92 Å². The van der Waals surface area contributed by atoms with Gasteiger partial charge in [-0.15, -0.1) is 0 Å². The van der Waals surface area contributed by atoms with Crippen molar-refractivity contribution in [3.8, 4) is 5.75 Å². The van der Waals surface area contributed by atoms with Crippen LogP contribution in [0.15, 0.2) is 22.7 Å². The normalized spacial score (nSPS) is 10.4. The minimum Gasteiger partial charge on any atom is -0.492 e. The van der Waals surface area contributed by atoms with Crippen LogP contribution in [0.1, 0.15) is 44.0 Å². The molecule has 27 heavy (non-hydrogen) atoms. The first-order valence-electron chi connectivity index (χ1n) is 8.73. The van der Waals surface area contributed by atoms with E-state index in [0.29, 0.717) is 41.5 Å². The zero-order valence-corrected chi connectivity index (χ0v) is 18.2. The summed E-state index contributed by atoms with van der Waals surface area (Å²) in [6.07, 6.45) is 1.15. The Morgan fingerprint density at radius 1 is 1.22 bits per heavy atom. The number of rotatable bonds is 9. The molecule has 2 amide bonds. The highest BCUT2D eigenvalue weighted by Gasteiger charge is 2.11. The van der Waals surface area contributed by atoms with Crippen LogP contribution in [0.5, 0.6) is 5.75 Å². The summed E-state index contributed by atoms with van der Waals surface area (Å²) in [6.45, 7) is 7.59. The quantitative estimate of drug-likeness (QED) is 0.298. The molecule has 1 aromatic rings. The molecule has 0 aliphatic rings. The van der Waals surface area contributed by atoms with E-state index in [9.17, 15) is 9.59 Å². The van der Waals surface area contributed by atoms with Gasteiger partial charge in [0.15, 0.2) is 5.11 Å². The van der Waals surface area contributed by atoms with Crippen molar-refractivity contribution in [2.24, 2.45) is 5.92 Å². The number of hydrazine groups is 1. The van der Waals surface area contributed by atoms with Crippen molar-refractivity contribution in [3.63, 3.8) is 0 Å². The van der Waals surface area contributed by atoms with Crippen molar-refractivity contribution >= 4 is 45.1 Å². The van der Waals surface area contributed by atoms with Crippen molar-refractivity contribution in [2.45, 2.75) is 33.6 Å². The predicted octanol–water partition coefficient (Wildman–Crippen LogP) is 2.94. The second-order valence-electron chi connectivity index (χ2n) is 6.08. The molecule has 0 heterocycles. The molecule has 150 valence electrons. The predicted molar refractivity (Wildman–Crippen MR) is 112 cm³/mol. The number of amides is 2. The first kappa shape index (κ1) is 23.3. The molecule has 0 saturated carbocycles. The van der Waals surface area contributed by atoms with Gasteiger partial charge in [0.25, 0.3) is 5.91 Å². The van der Waals surface area contributed by atoms with E-state index in [1.165, 1.54) is 0 Å². The average Bonchev–Trinajstić information content (AvgIpc) is 2.61. The molecule has 0 spiro atoms. The Morgan fingerprint density at radius 2 is 1.96 bits per heavy atom. The Bertz CT molecular complexity index is 655. The molecule has 0 aliphatic heterocycles. The topological polar surface area (TPSA) is 88.7 Å². The second kappa shape index (κ2) is 12.6. The number of carbonyl (C=O) groups is 2. The number of hydrogen-bond donors (Lipinski definition) is 3. The smallest absolute Gasteiger partial charge is 0.257 e. The first-order valence-corrected chi connectivity index (χ1v) is 9.93. The molecule has 7 nitrogen and oxygen atoms in total. The molecular weight excluding hydrogens is 434 g/mol. The van der Waals surface area contributed by atoms with E-state index in [0.717, 1.165) is 6.42 Å². The van der Waals surface area contributed by atoms with Crippen LogP contribution >= 0.6 is 28.1 Å². The Kier molecular flexibility index (Phi) is 10.9. The highest BCUT2D eigenvalue weighted by Crippen LogP contribution is 2.26. The lowest BCUT2D eigenvalue weighted by Gasteiger charge is -2.12. The summed E-state index contributed by atoms with van der Waals surface area (Å²) in [5, 5.41) is 2.50. The second-order valence-corrected chi connectivity index (χ2v) is 7.34. The third-order valence-electron chi connectivity index (χ3n) is 3.37. The Balaban J connectivity index is 2.46. The van der Waals surface area contributed by atoms with Crippen LogP contribution in [-0.4, -0.2) is 36.7 Å². The Labute approximate surface area is 173 Å². The van der Waals surface area contributed by atoms with Gasteiger partial charge in [0.05, 0.1) is 24.1 Å². The fourth-order valence-electron chi connectivity index (χ4n) is 1.87. The van der Waals surface area contributed by atoms with Gasteiger partial charge in [0, 0.05) is 12.2 Å². The van der Waals surface area contributed by atoms with Gasteiger partial charge in [-0.3, -0.25) is 25.8 Å². The van der Waals surface area contributed by atoms with Crippen LogP contribution in [0.4, 0.5) is 0 Å². The molecule has 0 unspecified atom stereocenters.